The van der Waals surface area contributed by atoms with Gasteiger partial charge in [0.15, 0.2) is 0 Å². The fourth-order valence-corrected chi connectivity index (χ4v) is 2.78. The molecule has 2 rings (SSSR count). The van der Waals surface area contributed by atoms with Gasteiger partial charge in [-0.05, 0) is 32.9 Å². The van der Waals surface area contributed by atoms with Crippen molar-refractivity contribution in [2.45, 2.75) is 38.8 Å². The van der Waals surface area contributed by atoms with Crippen LogP contribution in [0, 0.1) is 0 Å². The SMILES string of the molecule is CC(CNCc1cscn1)N1CCCCC1. The maximum atomic E-state index is 4.27. The van der Waals surface area contributed by atoms with Gasteiger partial charge >= 0.3 is 0 Å². The van der Waals surface area contributed by atoms with Crippen LogP contribution < -0.4 is 5.32 Å². The van der Waals surface area contributed by atoms with Gasteiger partial charge in [-0.2, -0.15) is 0 Å². The van der Waals surface area contributed by atoms with Crippen molar-refractivity contribution in [3.8, 4) is 0 Å². The van der Waals surface area contributed by atoms with E-state index in [0.29, 0.717) is 6.04 Å². The maximum absolute atomic E-state index is 4.27. The minimum absolute atomic E-state index is 0.652. The van der Waals surface area contributed by atoms with Crippen molar-refractivity contribution in [3.63, 3.8) is 0 Å². The molecule has 0 saturated carbocycles. The summed E-state index contributed by atoms with van der Waals surface area (Å²) >= 11 is 1.66. The lowest BCUT2D eigenvalue weighted by molar-refractivity contribution is 0.170. The van der Waals surface area contributed by atoms with E-state index in [1.807, 2.05) is 5.51 Å². The predicted molar refractivity (Wildman–Crippen MR) is 68.7 cm³/mol. The highest BCUT2D eigenvalue weighted by Crippen LogP contribution is 2.11. The third kappa shape index (κ3) is 3.54. The van der Waals surface area contributed by atoms with Crippen LogP contribution in [0.15, 0.2) is 10.9 Å². The quantitative estimate of drug-likeness (QED) is 0.853. The van der Waals surface area contributed by atoms with Crippen molar-refractivity contribution in [2.24, 2.45) is 0 Å². The second-order valence-electron chi connectivity index (χ2n) is 4.56. The van der Waals surface area contributed by atoms with Gasteiger partial charge in [-0.15, -0.1) is 11.3 Å². The van der Waals surface area contributed by atoms with Crippen molar-refractivity contribution < 1.29 is 0 Å². The van der Waals surface area contributed by atoms with Crippen LogP contribution in [0.4, 0.5) is 0 Å². The number of thiazole rings is 1. The van der Waals surface area contributed by atoms with Crippen LogP contribution in [0.2, 0.25) is 0 Å². The molecule has 0 amide bonds. The normalized spacial score (nSPS) is 19.8. The molecule has 1 saturated heterocycles. The van der Waals surface area contributed by atoms with Crippen molar-refractivity contribution >= 4 is 11.3 Å². The summed E-state index contributed by atoms with van der Waals surface area (Å²) in [6, 6.07) is 0.652. The average molecular weight is 239 g/mol. The van der Waals surface area contributed by atoms with E-state index >= 15 is 0 Å². The van der Waals surface area contributed by atoms with Gasteiger partial charge in [0.25, 0.3) is 0 Å². The molecule has 1 aromatic heterocycles. The summed E-state index contributed by atoms with van der Waals surface area (Å²) in [7, 11) is 0. The Morgan fingerprint density at radius 1 is 1.44 bits per heavy atom. The molecular weight excluding hydrogens is 218 g/mol. The number of piperidine rings is 1. The van der Waals surface area contributed by atoms with Crippen LogP contribution in [-0.4, -0.2) is 35.6 Å². The Morgan fingerprint density at radius 2 is 2.25 bits per heavy atom. The molecule has 1 N–H and O–H groups in total. The molecule has 1 aliphatic rings. The molecule has 16 heavy (non-hydrogen) atoms. The van der Waals surface area contributed by atoms with E-state index in [4.69, 9.17) is 0 Å². The number of hydrogen-bond donors (Lipinski definition) is 1. The van der Waals surface area contributed by atoms with E-state index < -0.39 is 0 Å². The molecule has 1 atom stereocenters. The third-order valence-electron chi connectivity index (χ3n) is 3.24. The van der Waals surface area contributed by atoms with Gasteiger partial charge in [-0.3, -0.25) is 4.90 Å². The molecule has 4 heteroatoms. The van der Waals surface area contributed by atoms with Crippen LogP contribution in [-0.2, 0) is 6.54 Å². The molecule has 0 spiro atoms. The minimum Gasteiger partial charge on any atom is -0.310 e. The summed E-state index contributed by atoms with van der Waals surface area (Å²) in [6.45, 7) is 6.84. The molecule has 1 aromatic rings. The molecule has 2 heterocycles. The van der Waals surface area contributed by atoms with Gasteiger partial charge < -0.3 is 5.32 Å². The molecule has 1 unspecified atom stereocenters. The molecule has 0 aliphatic carbocycles. The zero-order valence-electron chi connectivity index (χ0n) is 9.98. The largest absolute Gasteiger partial charge is 0.310 e. The number of rotatable bonds is 5. The monoisotopic (exact) mass is 239 g/mol. The average Bonchev–Trinajstić information content (AvgIpc) is 2.83. The van der Waals surface area contributed by atoms with Crippen LogP contribution in [0.3, 0.4) is 0 Å². The summed E-state index contributed by atoms with van der Waals surface area (Å²) in [4.78, 5) is 6.86. The molecule has 0 aromatic carbocycles. The number of aromatic nitrogens is 1. The topological polar surface area (TPSA) is 28.2 Å². The first-order valence-corrected chi connectivity index (χ1v) is 7.12. The van der Waals surface area contributed by atoms with E-state index in [1.54, 1.807) is 11.3 Å². The zero-order valence-corrected chi connectivity index (χ0v) is 10.8. The van der Waals surface area contributed by atoms with Crippen molar-refractivity contribution in [1.82, 2.24) is 15.2 Å². The standard InChI is InChI=1S/C12H21N3S/c1-11(15-5-3-2-4-6-15)7-13-8-12-9-16-10-14-12/h9-11,13H,2-8H2,1H3. The fourth-order valence-electron chi connectivity index (χ4n) is 2.22. The van der Waals surface area contributed by atoms with E-state index in [2.05, 4.69) is 27.5 Å². The van der Waals surface area contributed by atoms with E-state index in [0.717, 1.165) is 18.8 Å². The van der Waals surface area contributed by atoms with E-state index in [1.165, 1.54) is 32.4 Å². The van der Waals surface area contributed by atoms with Gasteiger partial charge in [0.1, 0.15) is 0 Å². The summed E-state index contributed by atoms with van der Waals surface area (Å²) in [5.74, 6) is 0. The molecule has 1 fully saturated rings. The first kappa shape index (κ1) is 12.0. The first-order valence-electron chi connectivity index (χ1n) is 6.18. The molecule has 3 nitrogen and oxygen atoms in total. The second kappa shape index (κ2) is 6.33. The highest BCUT2D eigenvalue weighted by Gasteiger charge is 2.15. The maximum Gasteiger partial charge on any atom is 0.0795 e. The molecular formula is C12H21N3S. The minimum atomic E-state index is 0.652. The van der Waals surface area contributed by atoms with Crippen molar-refractivity contribution in [1.29, 1.82) is 0 Å². The molecule has 0 radical (unpaired) electrons. The Balaban J connectivity index is 1.65. The summed E-state index contributed by atoms with van der Waals surface area (Å²) in [6.07, 6.45) is 4.16. The molecule has 90 valence electrons. The summed E-state index contributed by atoms with van der Waals surface area (Å²) < 4.78 is 0. The lowest BCUT2D eigenvalue weighted by Crippen LogP contribution is -2.42. The van der Waals surface area contributed by atoms with E-state index in [9.17, 15) is 0 Å². The number of nitrogens with zero attached hydrogens (tertiary/aromatic N) is 2. The zero-order chi connectivity index (χ0) is 11.2. The highest BCUT2D eigenvalue weighted by molar-refractivity contribution is 7.07. The van der Waals surface area contributed by atoms with Gasteiger partial charge in [0.2, 0.25) is 0 Å². The van der Waals surface area contributed by atoms with Crippen LogP contribution in [0.5, 0.6) is 0 Å². The molecule has 0 bridgehead atoms. The Kier molecular flexibility index (Phi) is 4.75. The second-order valence-corrected chi connectivity index (χ2v) is 5.28. The highest BCUT2D eigenvalue weighted by atomic mass is 32.1. The number of nitrogens with one attached hydrogen (secondary N) is 1. The Bertz CT molecular complexity index is 280. The fraction of sp³-hybridized carbons (Fsp3) is 0.750. The van der Waals surface area contributed by atoms with Gasteiger partial charge in [-0.1, -0.05) is 6.42 Å². The van der Waals surface area contributed by atoms with Crippen molar-refractivity contribution in [3.05, 3.63) is 16.6 Å². The van der Waals surface area contributed by atoms with Crippen LogP contribution in [0.25, 0.3) is 0 Å². The lowest BCUT2D eigenvalue weighted by Gasteiger charge is -2.32. The van der Waals surface area contributed by atoms with E-state index in [-0.39, 0.29) is 0 Å². The Morgan fingerprint density at radius 3 is 2.94 bits per heavy atom. The Hall–Kier alpha value is -0.450. The number of hydrogen-bond acceptors (Lipinski definition) is 4. The summed E-state index contributed by atoms with van der Waals surface area (Å²) in [5.41, 5.74) is 3.06. The lowest BCUT2D eigenvalue weighted by atomic mass is 10.1. The molecule has 1 aliphatic heterocycles. The first-order chi connectivity index (χ1) is 7.86. The smallest absolute Gasteiger partial charge is 0.0795 e. The predicted octanol–water partition coefficient (Wildman–Crippen LogP) is 2.11. The van der Waals surface area contributed by atoms with Gasteiger partial charge in [0.05, 0.1) is 11.2 Å². The summed E-state index contributed by atoms with van der Waals surface area (Å²) in [5, 5.41) is 5.60. The Labute approximate surface area is 102 Å². The number of likely N-dealkylation sites (tertiary alicyclic amines) is 1. The van der Waals surface area contributed by atoms with Crippen LogP contribution in [0.1, 0.15) is 31.9 Å². The van der Waals surface area contributed by atoms with Crippen molar-refractivity contribution in [2.75, 3.05) is 19.6 Å². The van der Waals surface area contributed by atoms with Gasteiger partial charge in [-0.25, -0.2) is 4.98 Å². The van der Waals surface area contributed by atoms with Crippen LogP contribution >= 0.6 is 11.3 Å². The van der Waals surface area contributed by atoms with Gasteiger partial charge in [0, 0.05) is 24.5 Å². The third-order valence-corrected chi connectivity index (χ3v) is 3.88.